The van der Waals surface area contributed by atoms with Crippen LogP contribution in [0.25, 0.3) is 0 Å². The van der Waals surface area contributed by atoms with Gasteiger partial charge in [-0.05, 0) is 12.8 Å². The van der Waals surface area contributed by atoms with Crippen LogP contribution in [-0.2, 0) is 52.3 Å². The molecule has 0 aliphatic carbocycles. The van der Waals surface area contributed by atoms with Crippen molar-refractivity contribution in [2.45, 2.75) is 116 Å². The SMILES string of the molecule is CCCCCCCCCCCCCC(=O)OC[C@H](COC(=O)CCCOCCOCCNC(=O)OCCOCCOC)OC(=O)CC. The van der Waals surface area contributed by atoms with Gasteiger partial charge in [0, 0.05) is 39.5 Å². The van der Waals surface area contributed by atoms with Crippen LogP contribution in [0.1, 0.15) is 110 Å². The van der Waals surface area contributed by atoms with Gasteiger partial charge in [-0.25, -0.2) is 4.79 Å². The van der Waals surface area contributed by atoms with Gasteiger partial charge in [-0.2, -0.15) is 0 Å². The Kier molecular flexibility index (Phi) is 33.0. The van der Waals surface area contributed by atoms with Crippen LogP contribution in [0, 0.1) is 0 Å². The van der Waals surface area contributed by atoms with Crippen LogP contribution in [0.2, 0.25) is 0 Å². The highest BCUT2D eigenvalue weighted by atomic mass is 16.6. The second kappa shape index (κ2) is 34.8. The van der Waals surface area contributed by atoms with Gasteiger partial charge in [0.1, 0.15) is 19.8 Å². The number of esters is 3. The minimum atomic E-state index is -0.850. The second-order valence-corrected chi connectivity index (χ2v) is 11.1. The molecule has 0 radical (unpaired) electrons. The molecular weight excluding hydrogens is 614 g/mol. The summed E-state index contributed by atoms with van der Waals surface area (Å²) in [5.41, 5.74) is 0. The Bertz CT molecular complexity index is 767. The first-order chi connectivity index (χ1) is 22.9. The normalized spacial score (nSPS) is 11.6. The Labute approximate surface area is 282 Å². The number of hydrogen-bond donors (Lipinski definition) is 1. The predicted molar refractivity (Wildman–Crippen MR) is 176 cm³/mol. The molecule has 0 heterocycles. The number of carbonyl (C=O) groups is 4. The van der Waals surface area contributed by atoms with Gasteiger partial charge >= 0.3 is 24.0 Å². The number of amides is 1. The maximum Gasteiger partial charge on any atom is 0.407 e. The summed E-state index contributed by atoms with van der Waals surface area (Å²) < 4.78 is 41.7. The molecule has 0 aliphatic heterocycles. The molecule has 47 heavy (non-hydrogen) atoms. The number of ether oxygens (including phenoxy) is 8. The molecule has 13 nitrogen and oxygen atoms in total. The zero-order valence-electron chi connectivity index (χ0n) is 29.4. The summed E-state index contributed by atoms with van der Waals surface area (Å²) in [7, 11) is 1.58. The van der Waals surface area contributed by atoms with Gasteiger partial charge in [-0.1, -0.05) is 78.1 Å². The van der Waals surface area contributed by atoms with Gasteiger partial charge in [0.25, 0.3) is 0 Å². The van der Waals surface area contributed by atoms with Crippen molar-refractivity contribution in [3.8, 4) is 0 Å². The zero-order chi connectivity index (χ0) is 34.6. The van der Waals surface area contributed by atoms with E-state index in [1.54, 1.807) is 14.0 Å². The molecule has 0 rings (SSSR count). The number of methoxy groups -OCH3 is 1. The van der Waals surface area contributed by atoms with Gasteiger partial charge in [0.05, 0.1) is 39.6 Å². The molecule has 0 saturated carbocycles. The molecule has 276 valence electrons. The van der Waals surface area contributed by atoms with Gasteiger partial charge in [0.15, 0.2) is 6.10 Å². The van der Waals surface area contributed by atoms with Crippen molar-refractivity contribution in [2.75, 3.05) is 79.7 Å². The number of hydrogen-bond acceptors (Lipinski definition) is 12. The highest BCUT2D eigenvalue weighted by Gasteiger charge is 2.18. The standard InChI is InChI=1S/C34H63NO12/c1-4-6-7-8-9-10-11-12-13-14-15-17-32(37)45-28-30(47-31(36)5-2)29-46-33(38)18-16-20-41-24-25-42-21-19-35-34(39)44-27-26-43-23-22-40-3/h30H,4-29H2,1-3H3,(H,35,39)/t30-/m1/s1. The minimum Gasteiger partial charge on any atom is -0.462 e. The van der Waals surface area contributed by atoms with Crippen LogP contribution >= 0.6 is 0 Å². The van der Waals surface area contributed by atoms with Crippen LogP contribution in [0.5, 0.6) is 0 Å². The van der Waals surface area contributed by atoms with Gasteiger partial charge in [0.2, 0.25) is 0 Å². The molecular formula is C34H63NO12. The fraction of sp³-hybridized carbons (Fsp3) is 0.882. The van der Waals surface area contributed by atoms with Crippen molar-refractivity contribution in [3.63, 3.8) is 0 Å². The van der Waals surface area contributed by atoms with Crippen molar-refractivity contribution in [2.24, 2.45) is 0 Å². The average Bonchev–Trinajstić information content (AvgIpc) is 3.07. The number of alkyl carbamates (subject to hydrolysis) is 1. The highest BCUT2D eigenvalue weighted by Crippen LogP contribution is 2.12. The third-order valence-electron chi connectivity index (χ3n) is 6.88. The van der Waals surface area contributed by atoms with Crippen LogP contribution in [0.3, 0.4) is 0 Å². The molecule has 0 aromatic rings. The summed E-state index contributed by atoms with van der Waals surface area (Å²) in [5, 5.41) is 2.57. The molecule has 0 bridgehead atoms. The topological polar surface area (TPSA) is 154 Å². The summed E-state index contributed by atoms with van der Waals surface area (Å²) in [5.74, 6) is -1.27. The molecule has 1 amide bonds. The largest absolute Gasteiger partial charge is 0.462 e. The fourth-order valence-electron chi connectivity index (χ4n) is 4.19. The fourth-order valence-corrected chi connectivity index (χ4v) is 4.19. The van der Waals surface area contributed by atoms with E-state index < -0.39 is 24.1 Å². The third kappa shape index (κ3) is 33.2. The Hall–Kier alpha value is -2.48. The quantitative estimate of drug-likeness (QED) is 0.0534. The summed E-state index contributed by atoms with van der Waals surface area (Å²) in [6, 6.07) is 0. The molecule has 0 spiro atoms. The lowest BCUT2D eigenvalue weighted by Gasteiger charge is -2.18. The summed E-state index contributed by atoms with van der Waals surface area (Å²) in [6.45, 7) is 6.52. The smallest absolute Gasteiger partial charge is 0.407 e. The maximum absolute atomic E-state index is 12.2. The van der Waals surface area contributed by atoms with Crippen molar-refractivity contribution in [3.05, 3.63) is 0 Å². The van der Waals surface area contributed by atoms with Crippen molar-refractivity contribution in [1.29, 1.82) is 0 Å². The van der Waals surface area contributed by atoms with E-state index in [0.29, 0.717) is 65.6 Å². The van der Waals surface area contributed by atoms with E-state index in [4.69, 9.17) is 37.9 Å². The van der Waals surface area contributed by atoms with Crippen molar-refractivity contribution < 1.29 is 57.1 Å². The summed E-state index contributed by atoms with van der Waals surface area (Å²) >= 11 is 0. The Balaban J connectivity index is 3.84. The van der Waals surface area contributed by atoms with E-state index in [9.17, 15) is 19.2 Å². The van der Waals surface area contributed by atoms with Crippen LogP contribution in [-0.4, -0.2) is 110 Å². The van der Waals surface area contributed by atoms with Gasteiger partial charge in [-0.15, -0.1) is 0 Å². The van der Waals surface area contributed by atoms with Crippen LogP contribution < -0.4 is 5.32 Å². The van der Waals surface area contributed by atoms with Gasteiger partial charge in [-0.3, -0.25) is 14.4 Å². The molecule has 0 aliphatic rings. The molecule has 0 saturated heterocycles. The van der Waals surface area contributed by atoms with E-state index in [1.165, 1.54) is 51.4 Å². The third-order valence-corrected chi connectivity index (χ3v) is 6.88. The lowest BCUT2D eigenvalue weighted by molar-refractivity contribution is -0.166. The van der Waals surface area contributed by atoms with Crippen LogP contribution in [0.15, 0.2) is 0 Å². The highest BCUT2D eigenvalue weighted by molar-refractivity contribution is 5.71. The monoisotopic (exact) mass is 677 g/mol. The Morgan fingerprint density at radius 3 is 1.64 bits per heavy atom. The average molecular weight is 678 g/mol. The van der Waals surface area contributed by atoms with Gasteiger partial charge < -0.3 is 43.2 Å². The molecule has 0 aromatic heterocycles. The maximum atomic E-state index is 12.2. The van der Waals surface area contributed by atoms with Crippen molar-refractivity contribution >= 4 is 24.0 Å². The zero-order valence-corrected chi connectivity index (χ0v) is 29.4. The molecule has 0 unspecified atom stereocenters. The number of nitrogens with one attached hydrogen (secondary N) is 1. The molecule has 0 fully saturated rings. The Morgan fingerprint density at radius 2 is 1.04 bits per heavy atom. The Morgan fingerprint density at radius 1 is 0.532 bits per heavy atom. The number of carbonyl (C=O) groups excluding carboxylic acids is 4. The second-order valence-electron chi connectivity index (χ2n) is 11.1. The predicted octanol–water partition coefficient (Wildman–Crippen LogP) is 5.30. The van der Waals surface area contributed by atoms with E-state index in [-0.39, 0.29) is 38.6 Å². The van der Waals surface area contributed by atoms with E-state index in [1.807, 2.05) is 0 Å². The molecule has 1 N–H and O–H groups in total. The summed E-state index contributed by atoms with van der Waals surface area (Å²) in [4.78, 5) is 47.6. The molecule has 0 aromatic carbocycles. The van der Waals surface area contributed by atoms with E-state index in [2.05, 4.69) is 12.2 Å². The van der Waals surface area contributed by atoms with E-state index >= 15 is 0 Å². The first-order valence-corrected chi connectivity index (χ1v) is 17.6. The van der Waals surface area contributed by atoms with Crippen LogP contribution in [0.4, 0.5) is 4.79 Å². The van der Waals surface area contributed by atoms with E-state index in [0.717, 1.165) is 19.3 Å². The lowest BCUT2D eigenvalue weighted by Crippen LogP contribution is -2.30. The first kappa shape index (κ1) is 44.5. The molecule has 13 heteroatoms. The number of rotatable bonds is 34. The minimum absolute atomic E-state index is 0.122. The first-order valence-electron chi connectivity index (χ1n) is 17.6. The summed E-state index contributed by atoms with van der Waals surface area (Å²) in [6.07, 6.45) is 12.8. The number of unbranched alkanes of at least 4 members (excludes halogenated alkanes) is 10. The van der Waals surface area contributed by atoms with Crippen molar-refractivity contribution in [1.82, 2.24) is 5.32 Å². The molecule has 1 atom stereocenters. The lowest BCUT2D eigenvalue weighted by atomic mass is 10.1.